The molecule has 112 valence electrons. The van der Waals surface area contributed by atoms with Gasteiger partial charge in [-0.15, -0.1) is 0 Å². The maximum absolute atomic E-state index is 12.7. The molecule has 2 aromatic rings. The van der Waals surface area contributed by atoms with Crippen LogP contribution in [0.4, 0.5) is 30.5 Å². The first-order valence-corrected chi connectivity index (χ1v) is 6.55. The Morgan fingerprint density at radius 2 is 1.81 bits per heavy atom. The molecule has 0 radical (unpaired) electrons. The van der Waals surface area contributed by atoms with Crippen LogP contribution < -0.4 is 16.6 Å². The summed E-state index contributed by atoms with van der Waals surface area (Å²) in [6.45, 7) is 1.82. The molecule has 0 aliphatic rings. The molecule has 0 aliphatic carbocycles. The van der Waals surface area contributed by atoms with Gasteiger partial charge in [-0.05, 0) is 24.6 Å². The third kappa shape index (κ3) is 3.82. The lowest BCUT2D eigenvalue weighted by Crippen LogP contribution is -2.16. The molecule has 9 heteroatoms. The van der Waals surface area contributed by atoms with Gasteiger partial charge < -0.3 is 10.7 Å². The first-order chi connectivity index (χ1) is 9.79. The van der Waals surface area contributed by atoms with Gasteiger partial charge in [-0.1, -0.05) is 22.0 Å². The Kier molecular flexibility index (Phi) is 4.33. The number of hydrogen-bond acceptors (Lipinski definition) is 5. The minimum absolute atomic E-state index is 0.00789. The van der Waals surface area contributed by atoms with Gasteiger partial charge in [-0.2, -0.15) is 13.2 Å². The minimum Gasteiger partial charge on any atom is -0.340 e. The van der Waals surface area contributed by atoms with Crippen molar-refractivity contribution in [2.45, 2.75) is 13.1 Å². The van der Waals surface area contributed by atoms with Crippen molar-refractivity contribution in [3.05, 3.63) is 40.1 Å². The number of hydrazine groups is 1. The summed E-state index contributed by atoms with van der Waals surface area (Å²) in [5.74, 6) is 3.73. The number of hydrogen-bond donors (Lipinski definition) is 3. The predicted octanol–water partition coefficient (Wildman–Crippen LogP) is 3.60. The highest BCUT2D eigenvalue weighted by molar-refractivity contribution is 9.10. The van der Waals surface area contributed by atoms with Crippen LogP contribution in [0, 0.1) is 6.92 Å². The Morgan fingerprint density at radius 1 is 1.14 bits per heavy atom. The van der Waals surface area contributed by atoms with E-state index >= 15 is 0 Å². The number of nitrogens with zero attached hydrogens (tertiary/aromatic N) is 2. The monoisotopic (exact) mass is 361 g/mol. The zero-order chi connectivity index (χ0) is 15.6. The fourth-order valence-electron chi connectivity index (χ4n) is 1.58. The van der Waals surface area contributed by atoms with Crippen molar-refractivity contribution in [3.63, 3.8) is 0 Å². The maximum Gasteiger partial charge on any atom is 0.451 e. The molecule has 0 unspecified atom stereocenters. The third-order valence-electron chi connectivity index (χ3n) is 2.59. The lowest BCUT2D eigenvalue weighted by atomic mass is 10.2. The summed E-state index contributed by atoms with van der Waals surface area (Å²) in [4.78, 5) is 6.74. The highest BCUT2D eigenvalue weighted by Gasteiger charge is 2.35. The van der Waals surface area contributed by atoms with Crippen LogP contribution in [0.3, 0.4) is 0 Å². The second-order valence-electron chi connectivity index (χ2n) is 4.19. The van der Waals surface area contributed by atoms with Crippen molar-refractivity contribution < 1.29 is 13.2 Å². The van der Waals surface area contributed by atoms with Gasteiger partial charge in [-0.3, -0.25) is 0 Å². The van der Waals surface area contributed by atoms with Crippen LogP contribution in [-0.2, 0) is 6.18 Å². The van der Waals surface area contributed by atoms with Crippen LogP contribution in [-0.4, -0.2) is 9.97 Å². The molecular weight excluding hydrogens is 351 g/mol. The van der Waals surface area contributed by atoms with E-state index in [4.69, 9.17) is 5.84 Å². The Hall–Kier alpha value is -1.87. The SMILES string of the molecule is Cc1ccc(Br)cc1Nc1cc(NN)nc(C(F)(F)F)n1. The number of rotatable bonds is 3. The predicted molar refractivity (Wildman–Crippen MR) is 77.0 cm³/mol. The van der Waals surface area contributed by atoms with Gasteiger partial charge in [0, 0.05) is 16.2 Å². The Bertz CT molecular complexity index is 660. The maximum atomic E-state index is 12.7. The number of halogens is 4. The molecule has 0 atom stereocenters. The van der Waals surface area contributed by atoms with Gasteiger partial charge in [0.2, 0.25) is 5.82 Å². The smallest absolute Gasteiger partial charge is 0.340 e. The van der Waals surface area contributed by atoms with Gasteiger partial charge in [0.1, 0.15) is 11.6 Å². The van der Waals surface area contributed by atoms with Gasteiger partial charge in [0.15, 0.2) is 0 Å². The molecule has 1 aromatic carbocycles. The molecule has 0 aliphatic heterocycles. The number of aromatic nitrogens is 2. The van der Waals surface area contributed by atoms with Gasteiger partial charge in [0.25, 0.3) is 0 Å². The van der Waals surface area contributed by atoms with Crippen molar-refractivity contribution in [3.8, 4) is 0 Å². The summed E-state index contributed by atoms with van der Waals surface area (Å²) < 4.78 is 39.0. The molecule has 2 rings (SSSR count). The third-order valence-corrected chi connectivity index (χ3v) is 3.08. The van der Waals surface area contributed by atoms with E-state index in [1.165, 1.54) is 6.07 Å². The van der Waals surface area contributed by atoms with E-state index in [0.29, 0.717) is 5.69 Å². The average molecular weight is 362 g/mol. The van der Waals surface area contributed by atoms with E-state index < -0.39 is 12.0 Å². The number of nitrogen functional groups attached to an aromatic ring is 1. The van der Waals surface area contributed by atoms with Gasteiger partial charge in [0.05, 0.1) is 0 Å². The summed E-state index contributed by atoms with van der Waals surface area (Å²) in [5.41, 5.74) is 3.57. The molecule has 5 nitrogen and oxygen atoms in total. The number of nitrogens with one attached hydrogen (secondary N) is 2. The summed E-state index contributed by atoms with van der Waals surface area (Å²) >= 11 is 3.30. The topological polar surface area (TPSA) is 75.9 Å². The number of aryl methyl sites for hydroxylation is 1. The second-order valence-corrected chi connectivity index (χ2v) is 5.10. The van der Waals surface area contributed by atoms with Crippen LogP contribution in [0.1, 0.15) is 11.4 Å². The van der Waals surface area contributed by atoms with Gasteiger partial charge >= 0.3 is 6.18 Å². The van der Waals surface area contributed by atoms with Crippen molar-refractivity contribution in [1.82, 2.24) is 9.97 Å². The molecule has 0 amide bonds. The highest BCUT2D eigenvalue weighted by atomic mass is 79.9. The Balaban J connectivity index is 2.42. The molecule has 4 N–H and O–H groups in total. The van der Waals surface area contributed by atoms with Crippen LogP contribution in [0.2, 0.25) is 0 Å². The average Bonchev–Trinajstić information content (AvgIpc) is 2.41. The van der Waals surface area contributed by atoms with Crippen molar-refractivity contribution >= 4 is 33.3 Å². The molecule has 0 saturated carbocycles. The normalized spacial score (nSPS) is 11.3. The van der Waals surface area contributed by atoms with E-state index in [0.717, 1.165) is 10.0 Å². The lowest BCUT2D eigenvalue weighted by molar-refractivity contribution is -0.144. The standard InChI is InChI=1S/C12H11BrF3N5/c1-6-2-3-7(13)4-8(6)18-9-5-10(21-17)20-11(19-9)12(14,15)16/h2-5H,17H2,1H3,(H2,18,19,20,21). The number of nitrogens with two attached hydrogens (primary N) is 1. The van der Waals surface area contributed by atoms with Crippen LogP contribution in [0.5, 0.6) is 0 Å². The fraction of sp³-hybridized carbons (Fsp3) is 0.167. The molecule has 21 heavy (non-hydrogen) atoms. The van der Waals surface area contributed by atoms with Crippen LogP contribution >= 0.6 is 15.9 Å². The zero-order valence-electron chi connectivity index (χ0n) is 10.8. The van der Waals surface area contributed by atoms with E-state index in [1.807, 2.05) is 19.1 Å². The summed E-state index contributed by atoms with van der Waals surface area (Å²) in [5, 5.41) is 2.82. The number of benzene rings is 1. The molecule has 1 heterocycles. The van der Waals surface area contributed by atoms with Crippen molar-refractivity contribution in [2.75, 3.05) is 10.7 Å². The van der Waals surface area contributed by atoms with E-state index in [9.17, 15) is 13.2 Å². The quantitative estimate of drug-likeness (QED) is 0.575. The number of alkyl halides is 3. The second kappa shape index (κ2) is 5.86. The molecule has 0 fully saturated rings. The zero-order valence-corrected chi connectivity index (χ0v) is 12.4. The first-order valence-electron chi connectivity index (χ1n) is 5.75. The molecular formula is C12H11BrF3N5. The summed E-state index contributed by atoms with van der Waals surface area (Å²) in [6.07, 6.45) is -4.66. The molecule has 0 saturated heterocycles. The summed E-state index contributed by atoms with van der Waals surface area (Å²) in [6, 6.07) is 6.67. The van der Waals surface area contributed by atoms with Crippen LogP contribution in [0.15, 0.2) is 28.7 Å². The molecule has 0 bridgehead atoms. The van der Waals surface area contributed by atoms with E-state index in [1.54, 1.807) is 6.07 Å². The molecule has 0 spiro atoms. The van der Waals surface area contributed by atoms with Crippen molar-refractivity contribution in [1.29, 1.82) is 0 Å². The first kappa shape index (κ1) is 15.5. The van der Waals surface area contributed by atoms with Gasteiger partial charge in [-0.25, -0.2) is 15.8 Å². The van der Waals surface area contributed by atoms with Crippen LogP contribution in [0.25, 0.3) is 0 Å². The Morgan fingerprint density at radius 3 is 2.43 bits per heavy atom. The minimum atomic E-state index is -4.66. The van der Waals surface area contributed by atoms with E-state index in [2.05, 4.69) is 36.6 Å². The van der Waals surface area contributed by atoms with Crippen molar-refractivity contribution in [2.24, 2.45) is 5.84 Å². The highest BCUT2D eigenvalue weighted by Crippen LogP contribution is 2.30. The largest absolute Gasteiger partial charge is 0.451 e. The van der Waals surface area contributed by atoms with E-state index in [-0.39, 0.29) is 11.6 Å². The lowest BCUT2D eigenvalue weighted by Gasteiger charge is -2.13. The summed E-state index contributed by atoms with van der Waals surface area (Å²) in [7, 11) is 0. The fourth-order valence-corrected chi connectivity index (χ4v) is 1.94. The molecule has 1 aromatic heterocycles. The number of anilines is 3. The Labute approximate surface area is 126 Å².